The lowest BCUT2D eigenvalue weighted by Crippen LogP contribution is -2.36. The molecule has 142 valence electrons. The van der Waals surface area contributed by atoms with Crippen LogP contribution in [0.25, 0.3) is 0 Å². The Kier molecular flexibility index (Phi) is 4.90. The predicted octanol–water partition coefficient (Wildman–Crippen LogP) is 2.74. The summed E-state index contributed by atoms with van der Waals surface area (Å²) in [6.45, 7) is 3.93. The van der Waals surface area contributed by atoms with Crippen molar-refractivity contribution in [1.29, 1.82) is 0 Å². The average molecular weight is 368 g/mol. The Morgan fingerprint density at radius 2 is 1.74 bits per heavy atom. The average Bonchev–Trinajstić information content (AvgIpc) is 3.16. The monoisotopic (exact) mass is 368 g/mol. The van der Waals surface area contributed by atoms with Crippen molar-refractivity contribution in [1.82, 2.24) is 0 Å². The first kappa shape index (κ1) is 17.7. The third kappa shape index (κ3) is 3.32. The smallest absolute Gasteiger partial charge is 0.258 e. The van der Waals surface area contributed by atoms with E-state index in [0.717, 1.165) is 44.1 Å². The van der Waals surface area contributed by atoms with Crippen LogP contribution >= 0.6 is 0 Å². The zero-order chi connectivity index (χ0) is 18.8. The van der Waals surface area contributed by atoms with E-state index < -0.39 is 0 Å². The zero-order valence-corrected chi connectivity index (χ0v) is 15.7. The molecule has 2 aliphatic rings. The van der Waals surface area contributed by atoms with E-state index in [1.165, 1.54) is 5.56 Å². The van der Waals surface area contributed by atoms with E-state index in [1.807, 2.05) is 4.90 Å². The third-order valence-electron chi connectivity index (χ3n) is 5.22. The molecule has 0 N–H and O–H groups in total. The van der Waals surface area contributed by atoms with E-state index in [0.29, 0.717) is 23.6 Å². The number of hydrogen-bond donors (Lipinski definition) is 0. The summed E-state index contributed by atoms with van der Waals surface area (Å²) in [4.78, 5) is 17.3. The van der Waals surface area contributed by atoms with Gasteiger partial charge >= 0.3 is 0 Å². The van der Waals surface area contributed by atoms with Gasteiger partial charge in [0.25, 0.3) is 5.91 Å². The topological polar surface area (TPSA) is 51.2 Å². The summed E-state index contributed by atoms with van der Waals surface area (Å²) in [5, 5.41) is 0. The molecule has 0 saturated carbocycles. The van der Waals surface area contributed by atoms with E-state index in [-0.39, 0.29) is 5.91 Å². The van der Waals surface area contributed by atoms with Crippen LogP contribution < -0.4 is 19.3 Å². The number of rotatable bonds is 4. The molecule has 1 fully saturated rings. The number of ether oxygens (including phenoxy) is 3. The fraction of sp³-hybridized carbons (Fsp3) is 0.381. The van der Waals surface area contributed by atoms with Crippen LogP contribution in [0, 0.1) is 0 Å². The molecule has 0 spiro atoms. The van der Waals surface area contributed by atoms with Crippen LogP contribution in [-0.2, 0) is 11.2 Å². The highest BCUT2D eigenvalue weighted by atomic mass is 16.5. The lowest BCUT2D eigenvalue weighted by Gasteiger charge is -2.29. The summed E-state index contributed by atoms with van der Waals surface area (Å²) in [7, 11) is 3.16. The number of fused-ring (bicyclic) bond motifs is 1. The highest BCUT2D eigenvalue weighted by Gasteiger charge is 2.27. The molecule has 2 heterocycles. The molecular formula is C21H24N2O4. The summed E-state index contributed by atoms with van der Waals surface area (Å²) in [6, 6.07) is 11.7. The minimum atomic E-state index is -0.0196. The number of nitrogens with zero attached hydrogens (tertiary/aromatic N) is 2. The van der Waals surface area contributed by atoms with Crippen molar-refractivity contribution < 1.29 is 19.0 Å². The van der Waals surface area contributed by atoms with Crippen molar-refractivity contribution in [2.75, 3.05) is 56.9 Å². The van der Waals surface area contributed by atoms with Gasteiger partial charge in [0.1, 0.15) is 0 Å². The Labute approximate surface area is 159 Å². The lowest BCUT2D eigenvalue weighted by atomic mass is 10.1. The second kappa shape index (κ2) is 7.48. The molecule has 0 aliphatic carbocycles. The van der Waals surface area contributed by atoms with E-state index >= 15 is 0 Å². The van der Waals surface area contributed by atoms with Gasteiger partial charge in [-0.1, -0.05) is 6.07 Å². The van der Waals surface area contributed by atoms with Crippen molar-refractivity contribution >= 4 is 17.3 Å². The predicted molar refractivity (Wildman–Crippen MR) is 104 cm³/mol. The highest BCUT2D eigenvalue weighted by molar-refractivity contribution is 6.08. The van der Waals surface area contributed by atoms with Crippen molar-refractivity contribution in [3.8, 4) is 11.5 Å². The molecule has 1 saturated heterocycles. The maximum atomic E-state index is 13.2. The molecule has 27 heavy (non-hydrogen) atoms. The molecular weight excluding hydrogens is 344 g/mol. The summed E-state index contributed by atoms with van der Waals surface area (Å²) < 4.78 is 16.1. The van der Waals surface area contributed by atoms with Crippen LogP contribution in [-0.4, -0.2) is 53.0 Å². The van der Waals surface area contributed by atoms with Gasteiger partial charge in [-0.05, 0) is 42.3 Å². The van der Waals surface area contributed by atoms with E-state index in [9.17, 15) is 4.79 Å². The van der Waals surface area contributed by atoms with Gasteiger partial charge in [-0.25, -0.2) is 0 Å². The largest absolute Gasteiger partial charge is 0.493 e. The van der Waals surface area contributed by atoms with E-state index in [2.05, 4.69) is 23.1 Å². The SMILES string of the molecule is COc1ccc(C(=O)N2CCc3ccc(N4CCOCC4)cc32)cc1OC. The normalized spacial score (nSPS) is 16.2. The molecule has 6 nitrogen and oxygen atoms in total. The summed E-state index contributed by atoms with van der Waals surface area (Å²) in [5.41, 5.74) is 3.95. The number of morpholine rings is 1. The van der Waals surface area contributed by atoms with Crippen LogP contribution in [0.1, 0.15) is 15.9 Å². The van der Waals surface area contributed by atoms with Crippen molar-refractivity contribution in [2.24, 2.45) is 0 Å². The number of hydrogen-bond acceptors (Lipinski definition) is 5. The van der Waals surface area contributed by atoms with Gasteiger partial charge in [0.2, 0.25) is 0 Å². The Morgan fingerprint density at radius 1 is 0.963 bits per heavy atom. The molecule has 0 unspecified atom stereocenters. The van der Waals surface area contributed by atoms with E-state index in [4.69, 9.17) is 14.2 Å². The number of carbonyl (C=O) groups excluding carboxylic acids is 1. The highest BCUT2D eigenvalue weighted by Crippen LogP contribution is 2.35. The Hall–Kier alpha value is -2.73. The van der Waals surface area contributed by atoms with Gasteiger partial charge in [-0.2, -0.15) is 0 Å². The van der Waals surface area contributed by atoms with Gasteiger partial charge in [0, 0.05) is 36.6 Å². The van der Waals surface area contributed by atoms with Crippen LogP contribution in [0.2, 0.25) is 0 Å². The molecule has 2 aliphatic heterocycles. The molecule has 6 heteroatoms. The second-order valence-corrected chi connectivity index (χ2v) is 6.69. The van der Waals surface area contributed by atoms with Crippen molar-refractivity contribution in [3.05, 3.63) is 47.5 Å². The Morgan fingerprint density at radius 3 is 2.48 bits per heavy atom. The number of amides is 1. The summed E-state index contributed by atoms with van der Waals surface area (Å²) in [5.74, 6) is 1.16. The maximum absolute atomic E-state index is 13.2. The van der Waals surface area contributed by atoms with Crippen LogP contribution in [0.15, 0.2) is 36.4 Å². The molecule has 0 atom stereocenters. The number of methoxy groups -OCH3 is 2. The van der Waals surface area contributed by atoms with Gasteiger partial charge in [-0.15, -0.1) is 0 Å². The molecule has 4 rings (SSSR count). The minimum absolute atomic E-state index is 0.0196. The Bertz CT molecular complexity index is 846. The van der Waals surface area contributed by atoms with Crippen LogP contribution in [0.4, 0.5) is 11.4 Å². The lowest BCUT2D eigenvalue weighted by molar-refractivity contribution is 0.0989. The molecule has 0 radical (unpaired) electrons. The Balaban J connectivity index is 1.62. The first-order valence-corrected chi connectivity index (χ1v) is 9.21. The molecule has 0 aromatic heterocycles. The first-order valence-electron chi connectivity index (χ1n) is 9.21. The second-order valence-electron chi connectivity index (χ2n) is 6.69. The standard InChI is InChI=1S/C21H24N2O4/c1-25-19-6-4-16(13-20(19)26-2)21(24)23-8-7-15-3-5-17(14-18(15)23)22-9-11-27-12-10-22/h3-6,13-14H,7-12H2,1-2H3. The quantitative estimate of drug-likeness (QED) is 0.831. The number of carbonyl (C=O) groups is 1. The fourth-order valence-electron chi connectivity index (χ4n) is 3.72. The van der Waals surface area contributed by atoms with Gasteiger partial charge in [-0.3, -0.25) is 4.79 Å². The molecule has 1 amide bonds. The van der Waals surface area contributed by atoms with Gasteiger partial charge in [0.15, 0.2) is 11.5 Å². The van der Waals surface area contributed by atoms with Gasteiger partial charge < -0.3 is 24.0 Å². The molecule has 2 aromatic carbocycles. The number of benzene rings is 2. The van der Waals surface area contributed by atoms with Crippen LogP contribution in [0.5, 0.6) is 11.5 Å². The molecule has 2 aromatic rings. The van der Waals surface area contributed by atoms with Gasteiger partial charge in [0.05, 0.1) is 27.4 Å². The molecule has 0 bridgehead atoms. The van der Waals surface area contributed by atoms with Crippen molar-refractivity contribution in [3.63, 3.8) is 0 Å². The van der Waals surface area contributed by atoms with E-state index in [1.54, 1.807) is 32.4 Å². The summed E-state index contributed by atoms with van der Waals surface area (Å²) in [6.07, 6.45) is 0.873. The van der Waals surface area contributed by atoms with Crippen LogP contribution in [0.3, 0.4) is 0 Å². The van der Waals surface area contributed by atoms with Crippen molar-refractivity contribution in [2.45, 2.75) is 6.42 Å². The minimum Gasteiger partial charge on any atom is -0.493 e. The fourth-order valence-corrected chi connectivity index (χ4v) is 3.72. The summed E-state index contributed by atoms with van der Waals surface area (Å²) >= 11 is 0. The maximum Gasteiger partial charge on any atom is 0.258 e. The third-order valence-corrected chi connectivity index (χ3v) is 5.22. The number of anilines is 2. The zero-order valence-electron chi connectivity index (χ0n) is 15.7. The first-order chi connectivity index (χ1) is 13.2.